The molecule has 1 atom stereocenters. The largest absolute Gasteiger partial charge is 0.480 e. The molecule has 2 heterocycles. The number of benzene rings is 3. The molecule has 160 valence electrons. The second-order valence-corrected chi connectivity index (χ2v) is 8.11. The number of carboxylic acids is 1. The predicted octanol–water partition coefficient (Wildman–Crippen LogP) is 2.05. The number of nitrogens with two attached hydrogens (primary N) is 1. The minimum absolute atomic E-state index is 0.0219. The van der Waals surface area contributed by atoms with Crippen molar-refractivity contribution in [3.63, 3.8) is 0 Å². The molecule has 8 heteroatoms. The van der Waals surface area contributed by atoms with Crippen LogP contribution in [0, 0.1) is 0 Å². The van der Waals surface area contributed by atoms with E-state index < -0.39 is 35.7 Å². The normalized spacial score (nSPS) is 19.9. The first-order valence-corrected chi connectivity index (χ1v) is 10.1. The first kappa shape index (κ1) is 19.7. The zero-order chi connectivity index (χ0) is 22.6. The zero-order valence-corrected chi connectivity index (χ0v) is 16.9. The van der Waals surface area contributed by atoms with Crippen LogP contribution in [0.3, 0.4) is 0 Å². The van der Waals surface area contributed by atoms with Crippen LogP contribution < -0.4 is 10.6 Å². The second-order valence-electron chi connectivity index (χ2n) is 8.11. The number of carbonyl (C=O) groups excluding carboxylic acids is 3. The van der Waals surface area contributed by atoms with E-state index in [2.05, 4.69) is 0 Å². The van der Waals surface area contributed by atoms with Gasteiger partial charge in [-0.2, -0.15) is 0 Å². The van der Waals surface area contributed by atoms with Gasteiger partial charge in [0.15, 0.2) is 5.41 Å². The van der Waals surface area contributed by atoms with E-state index in [9.17, 15) is 24.3 Å². The molecule has 2 aliphatic rings. The number of carboxylic acid groups (broad SMARTS) is 1. The molecule has 0 aromatic heterocycles. The highest BCUT2D eigenvalue weighted by molar-refractivity contribution is 6.29. The Labute approximate surface area is 182 Å². The number of nitrogens with zero attached hydrogens (tertiary/aromatic N) is 2. The average molecular weight is 429 g/mol. The number of carbonyl (C=O) groups is 4. The first-order chi connectivity index (χ1) is 15.3. The number of rotatable bonds is 4. The van der Waals surface area contributed by atoms with E-state index in [1.54, 1.807) is 0 Å². The molecule has 8 nitrogen and oxygen atoms in total. The minimum atomic E-state index is -1.78. The van der Waals surface area contributed by atoms with Crippen molar-refractivity contribution in [3.8, 4) is 0 Å². The molecule has 3 N–H and O–H groups in total. The topological polar surface area (TPSA) is 121 Å². The minimum Gasteiger partial charge on any atom is -0.480 e. The van der Waals surface area contributed by atoms with Crippen molar-refractivity contribution >= 4 is 45.8 Å². The molecule has 1 saturated heterocycles. The average Bonchev–Trinajstić information content (AvgIpc) is 3.14. The second kappa shape index (κ2) is 6.91. The van der Waals surface area contributed by atoms with Gasteiger partial charge in [-0.15, -0.1) is 0 Å². The summed E-state index contributed by atoms with van der Waals surface area (Å²) in [5, 5.41) is 11.3. The van der Waals surface area contributed by atoms with Gasteiger partial charge in [0.2, 0.25) is 17.7 Å². The fourth-order valence-corrected chi connectivity index (χ4v) is 4.68. The van der Waals surface area contributed by atoms with Crippen molar-refractivity contribution in [3.05, 3.63) is 71.8 Å². The smallest absolute Gasteiger partial charge is 0.323 e. The van der Waals surface area contributed by atoms with Crippen LogP contribution >= 0.6 is 0 Å². The number of hydrogen-bond donors (Lipinski definition) is 2. The number of nitrogen functional groups attached to an aromatic ring is 1. The van der Waals surface area contributed by atoms with Crippen LogP contribution in [0.4, 0.5) is 11.4 Å². The third kappa shape index (κ3) is 2.76. The molecule has 1 unspecified atom stereocenters. The summed E-state index contributed by atoms with van der Waals surface area (Å²) >= 11 is 0. The Kier molecular flexibility index (Phi) is 4.27. The van der Waals surface area contributed by atoms with Gasteiger partial charge in [0.05, 0.1) is 13.0 Å². The number of aliphatic carboxylic acids is 1. The fraction of sp³-hybridized carbons (Fsp3) is 0.167. The van der Waals surface area contributed by atoms with E-state index in [1.807, 2.05) is 42.5 Å². The van der Waals surface area contributed by atoms with Gasteiger partial charge in [-0.25, -0.2) is 0 Å². The maximum atomic E-state index is 13.6. The molecule has 3 aromatic rings. The summed E-state index contributed by atoms with van der Waals surface area (Å²) in [7, 11) is 0. The van der Waals surface area contributed by atoms with Crippen LogP contribution in [0.5, 0.6) is 0 Å². The Morgan fingerprint density at radius 2 is 1.66 bits per heavy atom. The van der Waals surface area contributed by atoms with E-state index in [0.717, 1.165) is 26.1 Å². The highest BCUT2D eigenvalue weighted by atomic mass is 16.4. The summed E-state index contributed by atoms with van der Waals surface area (Å²) in [5.74, 6) is -3.06. The molecule has 2 aliphatic heterocycles. The number of hydrogen-bond acceptors (Lipinski definition) is 5. The lowest BCUT2D eigenvalue weighted by molar-refractivity contribution is -0.143. The zero-order valence-electron chi connectivity index (χ0n) is 16.9. The summed E-state index contributed by atoms with van der Waals surface area (Å²) in [6.07, 6.45) is -0.356. The molecular weight excluding hydrogens is 410 g/mol. The molecule has 3 aromatic carbocycles. The predicted molar refractivity (Wildman–Crippen MR) is 117 cm³/mol. The molecule has 1 spiro atoms. The third-order valence-electron chi connectivity index (χ3n) is 6.16. The number of imide groups is 1. The van der Waals surface area contributed by atoms with Crippen LogP contribution in [0.15, 0.2) is 60.7 Å². The van der Waals surface area contributed by atoms with Crippen molar-refractivity contribution in [2.45, 2.75) is 18.4 Å². The maximum absolute atomic E-state index is 13.6. The van der Waals surface area contributed by atoms with Crippen molar-refractivity contribution in [1.29, 1.82) is 0 Å². The number of amides is 3. The van der Waals surface area contributed by atoms with E-state index >= 15 is 0 Å². The van der Waals surface area contributed by atoms with E-state index in [-0.39, 0.29) is 18.5 Å². The van der Waals surface area contributed by atoms with Crippen LogP contribution in [-0.2, 0) is 31.1 Å². The molecule has 1 fully saturated rings. The van der Waals surface area contributed by atoms with Crippen LogP contribution in [0.2, 0.25) is 0 Å². The van der Waals surface area contributed by atoms with Crippen molar-refractivity contribution < 1.29 is 24.3 Å². The van der Waals surface area contributed by atoms with E-state index in [0.29, 0.717) is 11.4 Å². The van der Waals surface area contributed by atoms with Crippen LogP contribution in [0.1, 0.15) is 17.5 Å². The van der Waals surface area contributed by atoms with Gasteiger partial charge in [-0.1, -0.05) is 36.4 Å². The van der Waals surface area contributed by atoms with Gasteiger partial charge in [0.25, 0.3) is 0 Å². The van der Waals surface area contributed by atoms with Crippen LogP contribution in [-0.4, -0.2) is 40.2 Å². The summed E-state index contributed by atoms with van der Waals surface area (Å²) in [6.45, 7) is -0.586. The highest BCUT2D eigenvalue weighted by Crippen LogP contribution is 2.49. The Bertz CT molecular complexity index is 1330. The number of anilines is 2. The Morgan fingerprint density at radius 1 is 0.938 bits per heavy atom. The van der Waals surface area contributed by atoms with E-state index in [1.165, 1.54) is 18.2 Å². The first-order valence-electron chi connectivity index (χ1n) is 10.1. The number of fused-ring (bicyclic) bond motifs is 3. The van der Waals surface area contributed by atoms with Crippen molar-refractivity contribution in [1.82, 2.24) is 4.90 Å². The molecular formula is C24H19N3O5. The quantitative estimate of drug-likeness (QED) is 0.372. The standard InChI is InChI=1S/C24H19N3O5/c25-17-7-8-19-18(10-17)24(22(31)26(19)13-21(29)30)11-20(28)27(23(24)32)12-14-5-6-15-3-1-2-4-16(15)9-14/h1-10H,11-13,25H2,(H,29,30). The lowest BCUT2D eigenvalue weighted by Gasteiger charge is -2.22. The Balaban J connectivity index is 1.55. The lowest BCUT2D eigenvalue weighted by Crippen LogP contribution is -2.47. The van der Waals surface area contributed by atoms with E-state index in [4.69, 9.17) is 5.73 Å². The molecule has 0 aliphatic carbocycles. The van der Waals surface area contributed by atoms with Crippen molar-refractivity contribution in [2.24, 2.45) is 0 Å². The van der Waals surface area contributed by atoms with Gasteiger partial charge in [-0.3, -0.25) is 29.0 Å². The molecule has 5 rings (SSSR count). The highest BCUT2D eigenvalue weighted by Gasteiger charge is 2.63. The Hall–Kier alpha value is -4.20. The molecule has 0 radical (unpaired) electrons. The Morgan fingerprint density at radius 3 is 2.41 bits per heavy atom. The summed E-state index contributed by atoms with van der Waals surface area (Å²) in [6, 6.07) is 17.9. The SMILES string of the molecule is Nc1ccc2c(c1)C1(CC(=O)N(Cc3ccc4ccccc4c3)C1=O)C(=O)N2CC(=O)O. The lowest BCUT2D eigenvalue weighted by atomic mass is 9.80. The molecule has 0 bridgehead atoms. The monoisotopic (exact) mass is 429 g/mol. The molecule has 3 amide bonds. The van der Waals surface area contributed by atoms with Gasteiger partial charge in [0, 0.05) is 16.9 Å². The molecule has 32 heavy (non-hydrogen) atoms. The third-order valence-corrected chi connectivity index (χ3v) is 6.16. The maximum Gasteiger partial charge on any atom is 0.323 e. The van der Waals surface area contributed by atoms with Crippen LogP contribution in [0.25, 0.3) is 10.8 Å². The summed E-state index contributed by atoms with van der Waals surface area (Å²) in [5.41, 5.74) is 5.77. The fourth-order valence-electron chi connectivity index (χ4n) is 4.68. The van der Waals surface area contributed by atoms with Gasteiger partial charge < -0.3 is 10.8 Å². The van der Waals surface area contributed by atoms with Gasteiger partial charge >= 0.3 is 5.97 Å². The van der Waals surface area contributed by atoms with Gasteiger partial charge in [0.1, 0.15) is 6.54 Å². The molecule has 0 saturated carbocycles. The van der Waals surface area contributed by atoms with Gasteiger partial charge in [-0.05, 0) is 40.6 Å². The summed E-state index contributed by atoms with van der Waals surface area (Å²) in [4.78, 5) is 53.4. The number of likely N-dealkylation sites (tertiary alicyclic amines) is 1. The summed E-state index contributed by atoms with van der Waals surface area (Å²) < 4.78 is 0. The van der Waals surface area contributed by atoms with Crippen molar-refractivity contribution in [2.75, 3.05) is 17.2 Å².